The molecule has 0 saturated carbocycles. The van der Waals surface area contributed by atoms with E-state index in [1.165, 1.54) is 0 Å². The van der Waals surface area contributed by atoms with Crippen LogP contribution in [-0.2, 0) is 0 Å². The van der Waals surface area contributed by atoms with Crippen molar-refractivity contribution in [2.45, 2.75) is 13.3 Å². The zero-order valence-corrected chi connectivity index (χ0v) is 9.85. The van der Waals surface area contributed by atoms with Crippen molar-refractivity contribution in [1.29, 1.82) is 0 Å². The number of phenols is 1. The van der Waals surface area contributed by atoms with Crippen molar-refractivity contribution in [3.63, 3.8) is 0 Å². The van der Waals surface area contributed by atoms with Crippen LogP contribution in [-0.4, -0.2) is 5.11 Å². The summed E-state index contributed by atoms with van der Waals surface area (Å²) in [6.45, 7) is 2.05. The Kier molecular flexibility index (Phi) is 3.20. The molecule has 0 aliphatic heterocycles. The van der Waals surface area contributed by atoms with Gasteiger partial charge in [-0.15, -0.1) is 0 Å². The highest BCUT2D eigenvalue weighted by atomic mass is 16.3. The van der Waals surface area contributed by atoms with Gasteiger partial charge in [0.2, 0.25) is 0 Å². The van der Waals surface area contributed by atoms with Crippen molar-refractivity contribution in [2.24, 2.45) is 0 Å². The van der Waals surface area contributed by atoms with E-state index in [2.05, 4.69) is 6.92 Å². The molecule has 17 heavy (non-hydrogen) atoms. The first-order chi connectivity index (χ1) is 8.72. The van der Waals surface area contributed by atoms with E-state index >= 15 is 0 Å². The molecule has 0 amide bonds. The van der Waals surface area contributed by atoms with Crippen LogP contribution in [0.4, 0.5) is 0 Å². The zero-order chi connectivity index (χ0) is 13.0. The van der Waals surface area contributed by atoms with Crippen LogP contribution in [0.25, 0.3) is 11.6 Å². The van der Waals surface area contributed by atoms with Crippen LogP contribution in [0, 0.1) is 0 Å². The van der Waals surface area contributed by atoms with Crippen molar-refractivity contribution in [2.75, 3.05) is 0 Å². The third-order valence-electron chi connectivity index (χ3n) is 2.64. The van der Waals surface area contributed by atoms with Crippen LogP contribution in [0.5, 0.6) is 5.75 Å². The van der Waals surface area contributed by atoms with E-state index < -0.39 is 0 Å². The van der Waals surface area contributed by atoms with Crippen LogP contribution >= 0.6 is 0 Å². The number of allylic oxidation sites excluding steroid dienone is 1. The van der Waals surface area contributed by atoms with Gasteiger partial charge in [0.05, 0.1) is 1.37 Å². The number of aromatic hydroxyl groups is 1. The summed E-state index contributed by atoms with van der Waals surface area (Å²) in [4.78, 5) is 0. The maximum atomic E-state index is 9.27. The van der Waals surface area contributed by atoms with Gasteiger partial charge in [0.1, 0.15) is 5.75 Å². The molecule has 0 radical (unpaired) electrons. The van der Waals surface area contributed by atoms with Gasteiger partial charge < -0.3 is 5.11 Å². The minimum Gasteiger partial charge on any atom is -0.508 e. The fourth-order valence-corrected chi connectivity index (χ4v) is 1.72. The number of benzene rings is 2. The molecule has 0 aromatic heterocycles. The Morgan fingerprint density at radius 1 is 1.12 bits per heavy atom. The highest BCUT2D eigenvalue weighted by Crippen LogP contribution is 2.22. The first-order valence-electron chi connectivity index (χ1n) is 6.27. The average molecular weight is 225 g/mol. The van der Waals surface area contributed by atoms with Gasteiger partial charge in [0.25, 0.3) is 0 Å². The predicted octanol–water partition coefficient (Wildman–Crippen LogP) is 4.34. The number of phenolic OH excluding ortho intramolecular Hbond substituents is 1. The maximum absolute atomic E-state index is 9.27. The summed E-state index contributed by atoms with van der Waals surface area (Å²) in [6.07, 6.45) is 0.809. The second-order valence-corrected chi connectivity index (χ2v) is 3.87. The normalized spacial score (nSPS) is 12.9. The SMILES string of the molecule is [2H]C(=C(CC)c1ccccc1)c1ccc(O)cc1. The molecule has 86 valence electrons. The Morgan fingerprint density at radius 3 is 2.35 bits per heavy atom. The third kappa shape index (κ3) is 2.97. The monoisotopic (exact) mass is 225 g/mol. The van der Waals surface area contributed by atoms with Crippen molar-refractivity contribution >= 4 is 11.6 Å². The van der Waals surface area contributed by atoms with Crippen LogP contribution in [0.3, 0.4) is 0 Å². The van der Waals surface area contributed by atoms with E-state index in [0.717, 1.165) is 23.1 Å². The summed E-state index contributed by atoms with van der Waals surface area (Å²) in [6, 6.07) is 17.3. The Hall–Kier alpha value is -2.02. The van der Waals surface area contributed by atoms with E-state index in [1.54, 1.807) is 24.3 Å². The Labute approximate surface area is 103 Å². The zero-order valence-electron chi connectivity index (χ0n) is 10.9. The predicted molar refractivity (Wildman–Crippen MR) is 72.7 cm³/mol. The van der Waals surface area contributed by atoms with Gasteiger partial charge in [-0.25, -0.2) is 0 Å². The lowest BCUT2D eigenvalue weighted by atomic mass is 10.0. The van der Waals surface area contributed by atoms with Gasteiger partial charge in [0, 0.05) is 0 Å². The Morgan fingerprint density at radius 2 is 1.76 bits per heavy atom. The minimum absolute atomic E-state index is 0.226. The molecular formula is C16H16O. The highest BCUT2D eigenvalue weighted by Gasteiger charge is 1.98. The van der Waals surface area contributed by atoms with Crippen LogP contribution in [0.1, 0.15) is 25.8 Å². The molecule has 0 unspecified atom stereocenters. The van der Waals surface area contributed by atoms with Gasteiger partial charge in [-0.3, -0.25) is 0 Å². The number of rotatable bonds is 3. The van der Waals surface area contributed by atoms with E-state index in [0.29, 0.717) is 6.05 Å². The summed E-state index contributed by atoms with van der Waals surface area (Å²) in [5, 5.41) is 9.27. The largest absolute Gasteiger partial charge is 0.508 e. The summed E-state index contributed by atoms with van der Waals surface area (Å²) in [5.74, 6) is 0.226. The van der Waals surface area contributed by atoms with E-state index in [9.17, 15) is 5.11 Å². The molecule has 0 aliphatic carbocycles. The van der Waals surface area contributed by atoms with Gasteiger partial charge >= 0.3 is 0 Å². The van der Waals surface area contributed by atoms with Crippen molar-refractivity contribution in [1.82, 2.24) is 0 Å². The molecule has 1 nitrogen and oxygen atoms in total. The fourth-order valence-electron chi connectivity index (χ4n) is 1.72. The molecule has 0 fully saturated rings. The van der Waals surface area contributed by atoms with E-state index in [1.807, 2.05) is 30.3 Å². The smallest absolute Gasteiger partial charge is 0.115 e. The third-order valence-corrected chi connectivity index (χ3v) is 2.64. The maximum Gasteiger partial charge on any atom is 0.115 e. The summed E-state index contributed by atoms with van der Waals surface area (Å²) in [5.41, 5.74) is 2.92. The minimum atomic E-state index is 0.226. The second-order valence-electron chi connectivity index (χ2n) is 3.87. The first-order valence-corrected chi connectivity index (χ1v) is 5.77. The Balaban J connectivity index is 2.47. The lowest BCUT2D eigenvalue weighted by molar-refractivity contribution is 0.475. The van der Waals surface area contributed by atoms with Crippen LogP contribution < -0.4 is 0 Å². The van der Waals surface area contributed by atoms with Gasteiger partial charge in [-0.2, -0.15) is 0 Å². The second kappa shape index (κ2) is 5.35. The van der Waals surface area contributed by atoms with Gasteiger partial charge in [-0.1, -0.05) is 55.4 Å². The molecule has 0 bridgehead atoms. The average Bonchev–Trinajstić information content (AvgIpc) is 2.41. The van der Waals surface area contributed by atoms with E-state index in [4.69, 9.17) is 1.37 Å². The van der Waals surface area contributed by atoms with Crippen molar-refractivity contribution < 1.29 is 6.48 Å². The van der Waals surface area contributed by atoms with Crippen molar-refractivity contribution in [3.8, 4) is 5.75 Å². The molecule has 0 atom stereocenters. The molecule has 0 aliphatic rings. The van der Waals surface area contributed by atoms with Crippen LogP contribution in [0.2, 0.25) is 0 Å². The molecule has 2 rings (SSSR count). The molecule has 2 aromatic carbocycles. The molecule has 1 N–H and O–H groups in total. The number of hydrogen-bond acceptors (Lipinski definition) is 1. The highest BCUT2D eigenvalue weighted by molar-refractivity contribution is 5.81. The molecule has 0 heterocycles. The van der Waals surface area contributed by atoms with Crippen molar-refractivity contribution in [3.05, 3.63) is 65.7 Å². The quantitative estimate of drug-likeness (QED) is 0.770. The fraction of sp³-hybridized carbons (Fsp3) is 0.125. The summed E-state index contributed by atoms with van der Waals surface area (Å²) >= 11 is 0. The lowest BCUT2D eigenvalue weighted by Crippen LogP contribution is -1.82. The number of hydrogen-bond donors (Lipinski definition) is 1. The first kappa shape index (κ1) is 10.2. The standard InChI is InChI=1S/C16H16O/c1-2-14(15-6-4-3-5-7-15)12-13-8-10-16(17)11-9-13/h3-12,17H,2H2,1H3/i12D. The molecule has 2 aromatic rings. The summed E-state index contributed by atoms with van der Waals surface area (Å²) in [7, 11) is 0. The Bertz CT molecular complexity index is 541. The van der Waals surface area contributed by atoms with Crippen LogP contribution in [0.15, 0.2) is 54.6 Å². The summed E-state index contributed by atoms with van der Waals surface area (Å²) < 4.78 is 8.28. The lowest BCUT2D eigenvalue weighted by Gasteiger charge is -2.05. The van der Waals surface area contributed by atoms with Gasteiger partial charge in [-0.05, 0) is 35.3 Å². The molecule has 1 heteroatoms. The van der Waals surface area contributed by atoms with E-state index in [-0.39, 0.29) is 5.75 Å². The molecule has 0 saturated heterocycles. The topological polar surface area (TPSA) is 20.2 Å². The molecule has 0 spiro atoms. The molecular weight excluding hydrogens is 208 g/mol. The van der Waals surface area contributed by atoms with Gasteiger partial charge in [0.15, 0.2) is 0 Å².